The Morgan fingerprint density at radius 2 is 2.25 bits per heavy atom. The highest BCUT2D eigenvalue weighted by Gasteiger charge is 2.28. The molecule has 2 nitrogen and oxygen atoms in total. The molecule has 1 aromatic rings. The van der Waals surface area contributed by atoms with Crippen molar-refractivity contribution >= 4 is 5.69 Å². The summed E-state index contributed by atoms with van der Waals surface area (Å²) in [4.78, 5) is 2.55. The molecular weight excluding hydrogens is 196 g/mol. The van der Waals surface area contributed by atoms with Gasteiger partial charge in [0.2, 0.25) is 0 Å². The minimum Gasteiger partial charge on any atom is -0.371 e. The first kappa shape index (κ1) is 10.2. The molecule has 1 aliphatic carbocycles. The normalized spacial score (nSPS) is 21.0. The molecule has 2 aliphatic rings. The van der Waals surface area contributed by atoms with Crippen LogP contribution >= 0.6 is 0 Å². The fourth-order valence-corrected chi connectivity index (χ4v) is 2.55. The van der Waals surface area contributed by atoms with E-state index in [1.165, 1.54) is 49.2 Å². The van der Waals surface area contributed by atoms with E-state index in [0.29, 0.717) is 0 Å². The standard InChI is InChI=1S/C14H20N2/c1-10(15)13-5-4-12-6-7-16(14(12)8-13)9-11-2-3-11/h4-5,8,10-11H,2-3,6-7,9,15H2,1H3. The van der Waals surface area contributed by atoms with Crippen LogP contribution in [0.4, 0.5) is 5.69 Å². The summed E-state index contributed by atoms with van der Waals surface area (Å²) in [6.45, 7) is 4.52. The van der Waals surface area contributed by atoms with E-state index in [9.17, 15) is 0 Å². The Labute approximate surface area is 97.4 Å². The molecule has 0 saturated heterocycles. The summed E-state index contributed by atoms with van der Waals surface area (Å²) in [7, 11) is 0. The lowest BCUT2D eigenvalue weighted by molar-refractivity contribution is 0.746. The summed E-state index contributed by atoms with van der Waals surface area (Å²) in [5, 5.41) is 0. The van der Waals surface area contributed by atoms with Crippen LogP contribution in [0.1, 0.15) is 36.9 Å². The molecule has 0 aromatic heterocycles. The van der Waals surface area contributed by atoms with Crippen LogP contribution in [-0.4, -0.2) is 13.1 Å². The number of nitrogens with two attached hydrogens (primary N) is 1. The number of fused-ring (bicyclic) bond motifs is 1. The molecule has 1 atom stereocenters. The summed E-state index contributed by atoms with van der Waals surface area (Å²) in [5.41, 5.74) is 10.2. The van der Waals surface area contributed by atoms with E-state index in [1.54, 1.807) is 0 Å². The molecule has 0 spiro atoms. The zero-order valence-corrected chi connectivity index (χ0v) is 9.95. The predicted octanol–water partition coefficient (Wildman–Crippen LogP) is 2.48. The van der Waals surface area contributed by atoms with E-state index < -0.39 is 0 Å². The van der Waals surface area contributed by atoms with E-state index in [0.717, 1.165) is 5.92 Å². The molecule has 1 saturated carbocycles. The van der Waals surface area contributed by atoms with Crippen molar-refractivity contribution in [3.05, 3.63) is 29.3 Å². The number of rotatable bonds is 3. The van der Waals surface area contributed by atoms with Crippen molar-refractivity contribution in [1.82, 2.24) is 0 Å². The smallest absolute Gasteiger partial charge is 0.0402 e. The average molecular weight is 216 g/mol. The van der Waals surface area contributed by atoms with Crippen molar-refractivity contribution in [2.75, 3.05) is 18.0 Å². The van der Waals surface area contributed by atoms with Gasteiger partial charge in [-0.2, -0.15) is 0 Å². The van der Waals surface area contributed by atoms with Gasteiger partial charge < -0.3 is 10.6 Å². The molecule has 2 heteroatoms. The van der Waals surface area contributed by atoms with Gasteiger partial charge >= 0.3 is 0 Å². The second-order valence-corrected chi connectivity index (χ2v) is 5.32. The quantitative estimate of drug-likeness (QED) is 0.841. The van der Waals surface area contributed by atoms with Gasteiger partial charge in [-0.1, -0.05) is 12.1 Å². The van der Waals surface area contributed by atoms with Crippen molar-refractivity contribution in [2.45, 2.75) is 32.2 Å². The van der Waals surface area contributed by atoms with Crippen molar-refractivity contribution in [2.24, 2.45) is 11.7 Å². The lowest BCUT2D eigenvalue weighted by Gasteiger charge is -2.20. The van der Waals surface area contributed by atoms with Crippen LogP contribution in [0.5, 0.6) is 0 Å². The Morgan fingerprint density at radius 1 is 1.44 bits per heavy atom. The zero-order valence-electron chi connectivity index (χ0n) is 9.95. The van der Waals surface area contributed by atoms with E-state index in [1.807, 2.05) is 0 Å². The molecule has 0 radical (unpaired) electrons. The second kappa shape index (κ2) is 3.77. The van der Waals surface area contributed by atoms with Crippen molar-refractivity contribution < 1.29 is 0 Å². The Bertz CT molecular complexity index is 394. The van der Waals surface area contributed by atoms with Crippen molar-refractivity contribution in [3.63, 3.8) is 0 Å². The molecule has 0 amide bonds. The fraction of sp³-hybridized carbons (Fsp3) is 0.571. The van der Waals surface area contributed by atoms with Gasteiger partial charge in [0, 0.05) is 24.8 Å². The highest BCUT2D eigenvalue weighted by molar-refractivity contribution is 5.60. The summed E-state index contributed by atoms with van der Waals surface area (Å²) >= 11 is 0. The van der Waals surface area contributed by atoms with E-state index in [2.05, 4.69) is 30.0 Å². The van der Waals surface area contributed by atoms with Crippen molar-refractivity contribution in [3.8, 4) is 0 Å². The number of benzene rings is 1. The van der Waals surface area contributed by atoms with Crippen LogP contribution in [0.2, 0.25) is 0 Å². The third kappa shape index (κ3) is 1.82. The van der Waals surface area contributed by atoms with Crippen LogP contribution < -0.4 is 10.6 Å². The lowest BCUT2D eigenvalue weighted by Crippen LogP contribution is -2.23. The van der Waals surface area contributed by atoms with Gasteiger partial charge in [0.25, 0.3) is 0 Å². The summed E-state index contributed by atoms with van der Waals surface area (Å²) in [6, 6.07) is 6.90. The molecule has 1 unspecified atom stereocenters. The molecular formula is C14H20N2. The van der Waals surface area contributed by atoms with Crippen molar-refractivity contribution in [1.29, 1.82) is 0 Å². The molecule has 2 N–H and O–H groups in total. The van der Waals surface area contributed by atoms with Gasteiger partial charge in [-0.3, -0.25) is 0 Å². The van der Waals surface area contributed by atoms with Gasteiger partial charge in [-0.15, -0.1) is 0 Å². The van der Waals surface area contributed by atoms with Crippen LogP contribution in [0.25, 0.3) is 0 Å². The summed E-state index contributed by atoms with van der Waals surface area (Å²) < 4.78 is 0. The molecule has 1 aromatic carbocycles. The SMILES string of the molecule is CC(N)c1ccc2c(c1)N(CC1CC1)CC2. The lowest BCUT2D eigenvalue weighted by atomic mass is 10.0. The molecule has 1 fully saturated rings. The molecule has 0 bridgehead atoms. The highest BCUT2D eigenvalue weighted by Crippen LogP contribution is 2.36. The predicted molar refractivity (Wildman–Crippen MR) is 67.7 cm³/mol. The van der Waals surface area contributed by atoms with Gasteiger partial charge in [0.05, 0.1) is 0 Å². The monoisotopic (exact) mass is 216 g/mol. The maximum atomic E-state index is 5.95. The number of anilines is 1. The van der Waals surface area contributed by atoms with Gasteiger partial charge in [-0.05, 0) is 49.3 Å². The number of hydrogen-bond donors (Lipinski definition) is 1. The number of hydrogen-bond acceptors (Lipinski definition) is 2. The summed E-state index contributed by atoms with van der Waals surface area (Å²) in [5.74, 6) is 0.963. The van der Waals surface area contributed by atoms with E-state index >= 15 is 0 Å². The first-order valence-corrected chi connectivity index (χ1v) is 6.37. The fourth-order valence-electron chi connectivity index (χ4n) is 2.55. The molecule has 1 aliphatic heterocycles. The largest absolute Gasteiger partial charge is 0.371 e. The van der Waals surface area contributed by atoms with Gasteiger partial charge in [0.1, 0.15) is 0 Å². The zero-order chi connectivity index (χ0) is 11.1. The Kier molecular flexibility index (Phi) is 2.40. The first-order chi connectivity index (χ1) is 7.74. The van der Waals surface area contributed by atoms with Gasteiger partial charge in [0.15, 0.2) is 0 Å². The average Bonchev–Trinajstić information content (AvgIpc) is 2.99. The molecule has 86 valence electrons. The van der Waals surface area contributed by atoms with Crippen LogP contribution in [0.15, 0.2) is 18.2 Å². The van der Waals surface area contributed by atoms with Gasteiger partial charge in [-0.25, -0.2) is 0 Å². The Hall–Kier alpha value is -1.02. The molecule has 3 rings (SSSR count). The van der Waals surface area contributed by atoms with Crippen LogP contribution in [-0.2, 0) is 6.42 Å². The molecule has 1 heterocycles. The van der Waals surface area contributed by atoms with E-state index in [4.69, 9.17) is 5.73 Å². The van der Waals surface area contributed by atoms with Crippen LogP contribution in [0, 0.1) is 5.92 Å². The third-order valence-electron chi connectivity index (χ3n) is 3.80. The minimum absolute atomic E-state index is 0.147. The maximum Gasteiger partial charge on any atom is 0.0402 e. The third-order valence-corrected chi connectivity index (χ3v) is 3.80. The summed E-state index contributed by atoms with van der Waals surface area (Å²) in [6.07, 6.45) is 4.07. The first-order valence-electron chi connectivity index (χ1n) is 6.37. The highest BCUT2D eigenvalue weighted by atomic mass is 15.2. The second-order valence-electron chi connectivity index (χ2n) is 5.32. The topological polar surface area (TPSA) is 29.3 Å². The van der Waals surface area contributed by atoms with E-state index in [-0.39, 0.29) is 6.04 Å². The maximum absolute atomic E-state index is 5.95. The Morgan fingerprint density at radius 3 is 2.94 bits per heavy atom. The minimum atomic E-state index is 0.147. The van der Waals surface area contributed by atoms with Crippen LogP contribution in [0.3, 0.4) is 0 Å². The Balaban J connectivity index is 1.86. The number of nitrogens with zero attached hydrogens (tertiary/aromatic N) is 1. The molecule has 16 heavy (non-hydrogen) atoms.